The van der Waals surface area contributed by atoms with E-state index >= 15 is 0 Å². The van der Waals surface area contributed by atoms with Crippen molar-refractivity contribution in [2.45, 2.75) is 16.8 Å². The van der Waals surface area contributed by atoms with E-state index < -0.39 is 0 Å². The first-order chi connectivity index (χ1) is 11.7. The van der Waals surface area contributed by atoms with Gasteiger partial charge >= 0.3 is 0 Å². The summed E-state index contributed by atoms with van der Waals surface area (Å²) in [5.74, 6) is 0.650. The van der Waals surface area contributed by atoms with Gasteiger partial charge in [0.05, 0.1) is 12.1 Å². The maximum absolute atomic E-state index is 9.20. The predicted octanol–water partition coefficient (Wildman–Crippen LogP) is 2.58. The molecule has 0 fully saturated rings. The van der Waals surface area contributed by atoms with Gasteiger partial charge in [0.2, 0.25) is 0 Å². The van der Waals surface area contributed by atoms with Crippen LogP contribution in [0.1, 0.15) is 6.92 Å². The summed E-state index contributed by atoms with van der Waals surface area (Å²) >= 11 is 1.48. The minimum Gasteiger partial charge on any atom is -0.395 e. The fourth-order valence-electron chi connectivity index (χ4n) is 2.50. The number of aromatic nitrogens is 3. The zero-order valence-electron chi connectivity index (χ0n) is 13.4. The second-order valence-corrected chi connectivity index (χ2v) is 6.18. The summed E-state index contributed by atoms with van der Waals surface area (Å²) in [5, 5.41) is 11.0. The number of para-hydroxylation sites is 1. The van der Waals surface area contributed by atoms with Gasteiger partial charge in [0, 0.05) is 29.6 Å². The van der Waals surface area contributed by atoms with E-state index in [1.54, 1.807) is 6.20 Å². The summed E-state index contributed by atoms with van der Waals surface area (Å²) in [6, 6.07) is 9.98. The van der Waals surface area contributed by atoms with E-state index in [1.165, 1.54) is 18.1 Å². The molecule has 0 aliphatic heterocycles. The average Bonchev–Trinajstić information content (AvgIpc) is 2.62. The van der Waals surface area contributed by atoms with Gasteiger partial charge in [-0.15, -0.1) is 0 Å². The van der Waals surface area contributed by atoms with Crippen LogP contribution in [0.5, 0.6) is 0 Å². The number of rotatable bonds is 6. The number of benzene rings is 1. The van der Waals surface area contributed by atoms with Crippen LogP contribution in [0.25, 0.3) is 10.9 Å². The Balaban J connectivity index is 1.98. The van der Waals surface area contributed by atoms with E-state index in [4.69, 9.17) is 5.73 Å². The van der Waals surface area contributed by atoms with Crippen LogP contribution in [0.4, 0.5) is 11.5 Å². The van der Waals surface area contributed by atoms with Crippen LogP contribution in [0.2, 0.25) is 0 Å². The first kappa shape index (κ1) is 16.5. The molecule has 0 radical (unpaired) electrons. The SMILES string of the molecule is CCN(CCO)c1ncnc(Sc2cccc3cccnc23)c1N. The van der Waals surface area contributed by atoms with Gasteiger partial charge < -0.3 is 15.7 Å². The first-order valence-electron chi connectivity index (χ1n) is 7.72. The standard InChI is InChI=1S/C17H19N5OS/c1-2-22(9-10-23)16-14(18)17(21-11-20-16)24-13-7-3-5-12-6-4-8-19-15(12)13/h3-8,11,23H,2,9-10,18H2,1H3. The largest absolute Gasteiger partial charge is 0.395 e. The molecule has 3 rings (SSSR count). The lowest BCUT2D eigenvalue weighted by Gasteiger charge is -2.22. The van der Waals surface area contributed by atoms with Crippen molar-refractivity contribution in [3.05, 3.63) is 42.9 Å². The molecule has 0 aliphatic rings. The van der Waals surface area contributed by atoms with Crippen molar-refractivity contribution in [1.29, 1.82) is 0 Å². The van der Waals surface area contributed by atoms with Crippen LogP contribution >= 0.6 is 11.8 Å². The van der Waals surface area contributed by atoms with Crippen LogP contribution in [-0.2, 0) is 0 Å². The van der Waals surface area contributed by atoms with Crippen molar-refractivity contribution >= 4 is 34.2 Å². The molecule has 6 nitrogen and oxygen atoms in total. The average molecular weight is 341 g/mol. The summed E-state index contributed by atoms with van der Waals surface area (Å²) in [6.45, 7) is 3.24. The molecule has 124 valence electrons. The lowest BCUT2D eigenvalue weighted by Crippen LogP contribution is -2.28. The zero-order chi connectivity index (χ0) is 16.9. The van der Waals surface area contributed by atoms with E-state index in [0.29, 0.717) is 29.6 Å². The van der Waals surface area contributed by atoms with Gasteiger partial charge in [-0.1, -0.05) is 30.0 Å². The van der Waals surface area contributed by atoms with Crippen LogP contribution in [0.15, 0.2) is 52.8 Å². The Morgan fingerprint density at radius 3 is 2.79 bits per heavy atom. The summed E-state index contributed by atoms with van der Waals surface area (Å²) < 4.78 is 0. The quantitative estimate of drug-likeness (QED) is 0.666. The highest BCUT2D eigenvalue weighted by Gasteiger charge is 2.15. The van der Waals surface area contributed by atoms with Crippen molar-refractivity contribution in [3.8, 4) is 0 Å². The molecule has 0 spiro atoms. The lowest BCUT2D eigenvalue weighted by molar-refractivity contribution is 0.302. The smallest absolute Gasteiger partial charge is 0.156 e. The Morgan fingerprint density at radius 1 is 1.17 bits per heavy atom. The molecule has 3 aromatic rings. The Bertz CT molecular complexity index is 837. The molecular formula is C17H19N5OS. The normalized spacial score (nSPS) is 10.9. The highest BCUT2D eigenvalue weighted by Crippen LogP contribution is 2.36. The molecule has 0 amide bonds. The summed E-state index contributed by atoms with van der Waals surface area (Å²) in [6.07, 6.45) is 3.29. The van der Waals surface area contributed by atoms with Crippen LogP contribution in [0.3, 0.4) is 0 Å². The Hall–Kier alpha value is -2.38. The van der Waals surface area contributed by atoms with Gasteiger partial charge in [0.15, 0.2) is 5.82 Å². The monoisotopic (exact) mass is 341 g/mol. The molecule has 2 heterocycles. The number of hydrogen-bond acceptors (Lipinski definition) is 7. The fraction of sp³-hybridized carbons (Fsp3) is 0.235. The minimum absolute atomic E-state index is 0.0486. The Kier molecular flexibility index (Phi) is 5.12. The molecule has 0 unspecified atom stereocenters. The second-order valence-electron chi connectivity index (χ2n) is 5.15. The zero-order valence-corrected chi connectivity index (χ0v) is 14.2. The highest BCUT2D eigenvalue weighted by molar-refractivity contribution is 7.99. The Labute approximate surface area is 144 Å². The third-order valence-electron chi connectivity index (χ3n) is 3.68. The van der Waals surface area contributed by atoms with E-state index in [-0.39, 0.29) is 6.61 Å². The van der Waals surface area contributed by atoms with Crippen molar-refractivity contribution in [1.82, 2.24) is 15.0 Å². The summed E-state index contributed by atoms with van der Waals surface area (Å²) in [7, 11) is 0. The van der Waals surface area contributed by atoms with Gasteiger partial charge in [0.1, 0.15) is 17.0 Å². The summed E-state index contributed by atoms with van der Waals surface area (Å²) in [5.41, 5.74) is 7.74. The molecule has 0 bridgehead atoms. The fourth-order valence-corrected chi connectivity index (χ4v) is 3.42. The number of likely N-dealkylation sites (N-methyl/N-ethyl adjacent to an activating group) is 1. The number of aliphatic hydroxyl groups is 1. The molecule has 7 heteroatoms. The molecular weight excluding hydrogens is 322 g/mol. The molecule has 24 heavy (non-hydrogen) atoms. The van der Waals surface area contributed by atoms with E-state index in [2.05, 4.69) is 15.0 Å². The number of nitrogen functional groups attached to an aromatic ring is 1. The second kappa shape index (κ2) is 7.46. The third-order valence-corrected chi connectivity index (χ3v) is 4.75. The molecule has 0 aliphatic carbocycles. The minimum atomic E-state index is 0.0486. The van der Waals surface area contributed by atoms with Crippen molar-refractivity contribution in [3.63, 3.8) is 0 Å². The maximum atomic E-state index is 9.20. The highest BCUT2D eigenvalue weighted by atomic mass is 32.2. The number of pyridine rings is 1. The van der Waals surface area contributed by atoms with Crippen molar-refractivity contribution in [2.75, 3.05) is 30.3 Å². The van der Waals surface area contributed by atoms with Gasteiger partial charge in [-0.25, -0.2) is 9.97 Å². The van der Waals surface area contributed by atoms with Gasteiger partial charge in [-0.05, 0) is 19.1 Å². The Morgan fingerprint density at radius 2 is 2.00 bits per heavy atom. The summed E-state index contributed by atoms with van der Waals surface area (Å²) in [4.78, 5) is 16.0. The molecule has 2 aromatic heterocycles. The number of anilines is 2. The van der Waals surface area contributed by atoms with E-state index in [1.807, 2.05) is 42.2 Å². The van der Waals surface area contributed by atoms with Crippen LogP contribution < -0.4 is 10.6 Å². The first-order valence-corrected chi connectivity index (χ1v) is 8.54. The number of hydrogen-bond donors (Lipinski definition) is 2. The lowest BCUT2D eigenvalue weighted by atomic mass is 10.2. The topological polar surface area (TPSA) is 88.2 Å². The number of fused-ring (bicyclic) bond motifs is 1. The van der Waals surface area contributed by atoms with Gasteiger partial charge in [-0.2, -0.15) is 0 Å². The number of nitrogens with zero attached hydrogens (tertiary/aromatic N) is 4. The van der Waals surface area contributed by atoms with Gasteiger partial charge in [0.25, 0.3) is 0 Å². The molecule has 0 saturated carbocycles. The number of nitrogens with two attached hydrogens (primary N) is 1. The van der Waals surface area contributed by atoms with Crippen LogP contribution in [-0.4, -0.2) is 39.8 Å². The molecule has 0 saturated heterocycles. The molecule has 0 atom stereocenters. The van der Waals surface area contributed by atoms with Crippen LogP contribution in [0, 0.1) is 0 Å². The van der Waals surface area contributed by atoms with Crippen molar-refractivity contribution < 1.29 is 5.11 Å². The molecule has 3 N–H and O–H groups in total. The molecule has 1 aromatic carbocycles. The van der Waals surface area contributed by atoms with E-state index in [0.717, 1.165) is 15.8 Å². The predicted molar refractivity (Wildman–Crippen MR) is 97.3 cm³/mol. The van der Waals surface area contributed by atoms with E-state index in [9.17, 15) is 5.11 Å². The number of aliphatic hydroxyl groups excluding tert-OH is 1. The third kappa shape index (κ3) is 3.27. The maximum Gasteiger partial charge on any atom is 0.156 e. The van der Waals surface area contributed by atoms with Gasteiger partial charge in [-0.3, -0.25) is 4.98 Å². The van der Waals surface area contributed by atoms with Crippen molar-refractivity contribution in [2.24, 2.45) is 0 Å².